The van der Waals surface area contributed by atoms with Crippen molar-refractivity contribution in [1.82, 2.24) is 0 Å². The van der Waals surface area contributed by atoms with Crippen molar-refractivity contribution in [2.45, 2.75) is 45.3 Å². The Balaban J connectivity index is 2.12. The van der Waals surface area contributed by atoms with Gasteiger partial charge in [0.05, 0.1) is 12.2 Å². The molecule has 1 aliphatic heterocycles. The molecule has 0 saturated carbocycles. The van der Waals surface area contributed by atoms with Gasteiger partial charge in [-0.25, -0.2) is 0 Å². The van der Waals surface area contributed by atoms with Gasteiger partial charge in [0.15, 0.2) is 0 Å². The van der Waals surface area contributed by atoms with E-state index < -0.39 is 0 Å². The minimum atomic E-state index is 0.255. The van der Waals surface area contributed by atoms with Crippen LogP contribution >= 0.6 is 0 Å². The molecule has 1 nitrogen and oxygen atoms in total. The minimum absolute atomic E-state index is 0.255. The van der Waals surface area contributed by atoms with Gasteiger partial charge < -0.3 is 4.74 Å². The van der Waals surface area contributed by atoms with Gasteiger partial charge in [0.2, 0.25) is 0 Å². The molecule has 1 heterocycles. The molecule has 0 spiro atoms. The van der Waals surface area contributed by atoms with Crippen LogP contribution in [0.2, 0.25) is 0 Å². The van der Waals surface area contributed by atoms with E-state index in [0.29, 0.717) is 12.0 Å². The van der Waals surface area contributed by atoms with Crippen molar-refractivity contribution < 1.29 is 4.74 Å². The summed E-state index contributed by atoms with van der Waals surface area (Å²) in [6.45, 7) is 6.57. The van der Waals surface area contributed by atoms with Crippen LogP contribution in [0.15, 0.2) is 42.0 Å². The van der Waals surface area contributed by atoms with Crippen LogP contribution in [0.3, 0.4) is 0 Å². The van der Waals surface area contributed by atoms with E-state index in [1.165, 1.54) is 11.1 Å². The molecule has 86 valence electrons. The zero-order valence-corrected chi connectivity index (χ0v) is 10.3. The average Bonchev–Trinajstić information content (AvgIpc) is 2.28. The Kier molecular flexibility index (Phi) is 3.45. The molecule has 0 N–H and O–H groups in total. The quantitative estimate of drug-likeness (QED) is 0.681. The first-order chi connectivity index (χ1) is 7.66. The SMILES string of the molecule is CC1=C[C@@H](C)O[C@H](C(C)c2ccccc2)C1. The lowest BCUT2D eigenvalue weighted by Crippen LogP contribution is -2.28. The first-order valence-corrected chi connectivity index (χ1v) is 6.04. The van der Waals surface area contributed by atoms with E-state index in [9.17, 15) is 0 Å². The van der Waals surface area contributed by atoms with Gasteiger partial charge in [-0.15, -0.1) is 0 Å². The number of hydrogen-bond acceptors (Lipinski definition) is 1. The molecule has 0 amide bonds. The lowest BCUT2D eigenvalue weighted by atomic mass is 9.89. The molecule has 0 saturated heterocycles. The zero-order valence-electron chi connectivity index (χ0n) is 10.3. The summed E-state index contributed by atoms with van der Waals surface area (Å²) in [6.07, 6.45) is 3.85. The van der Waals surface area contributed by atoms with Gasteiger partial charge in [0.1, 0.15) is 0 Å². The molecule has 0 radical (unpaired) electrons. The van der Waals surface area contributed by atoms with E-state index in [0.717, 1.165) is 6.42 Å². The molecule has 16 heavy (non-hydrogen) atoms. The lowest BCUT2D eigenvalue weighted by molar-refractivity contribution is -0.000553. The van der Waals surface area contributed by atoms with Crippen LogP contribution in [0.1, 0.15) is 38.7 Å². The van der Waals surface area contributed by atoms with Gasteiger partial charge in [-0.05, 0) is 25.8 Å². The third-order valence-electron chi connectivity index (χ3n) is 3.31. The highest BCUT2D eigenvalue weighted by molar-refractivity contribution is 5.21. The van der Waals surface area contributed by atoms with Gasteiger partial charge in [-0.2, -0.15) is 0 Å². The summed E-state index contributed by atoms with van der Waals surface area (Å²) in [6, 6.07) is 10.6. The minimum Gasteiger partial charge on any atom is -0.370 e. The van der Waals surface area contributed by atoms with Crippen molar-refractivity contribution in [3.8, 4) is 0 Å². The Labute approximate surface area is 98.1 Å². The molecule has 1 aliphatic rings. The normalized spacial score (nSPS) is 27.3. The smallest absolute Gasteiger partial charge is 0.0734 e. The molecule has 1 aromatic carbocycles. The molecular formula is C15H20O. The lowest BCUT2D eigenvalue weighted by Gasteiger charge is -2.31. The summed E-state index contributed by atoms with van der Waals surface area (Å²) in [4.78, 5) is 0. The van der Waals surface area contributed by atoms with Gasteiger partial charge in [-0.1, -0.05) is 48.9 Å². The molecule has 3 atom stereocenters. The Morgan fingerprint density at radius 2 is 1.94 bits per heavy atom. The Bertz CT molecular complexity index is 366. The first kappa shape index (κ1) is 11.4. The largest absolute Gasteiger partial charge is 0.370 e. The van der Waals surface area contributed by atoms with Crippen molar-refractivity contribution in [2.24, 2.45) is 0 Å². The highest BCUT2D eigenvalue weighted by Gasteiger charge is 2.24. The van der Waals surface area contributed by atoms with Gasteiger partial charge >= 0.3 is 0 Å². The van der Waals surface area contributed by atoms with Crippen LogP contribution in [0.25, 0.3) is 0 Å². The predicted octanol–water partition coefficient (Wildman–Crippen LogP) is 3.91. The molecule has 0 aliphatic carbocycles. The standard InChI is InChI=1S/C15H20O/c1-11-9-12(2)16-15(10-11)13(3)14-7-5-4-6-8-14/h4-9,12-13,15H,10H2,1-3H3/t12-,13?,15+/m1/s1. The molecule has 0 aromatic heterocycles. The van der Waals surface area contributed by atoms with Crippen LogP contribution in [0, 0.1) is 0 Å². The second-order valence-electron chi connectivity index (χ2n) is 4.80. The zero-order chi connectivity index (χ0) is 11.5. The predicted molar refractivity (Wildman–Crippen MR) is 67.6 cm³/mol. The number of hydrogen-bond donors (Lipinski definition) is 0. The summed E-state index contributed by atoms with van der Waals surface area (Å²) in [7, 11) is 0. The van der Waals surface area contributed by atoms with Crippen molar-refractivity contribution in [2.75, 3.05) is 0 Å². The maximum atomic E-state index is 6.00. The van der Waals surface area contributed by atoms with Crippen molar-refractivity contribution >= 4 is 0 Å². The topological polar surface area (TPSA) is 9.23 Å². The van der Waals surface area contributed by atoms with Crippen molar-refractivity contribution in [3.05, 3.63) is 47.5 Å². The Hall–Kier alpha value is -1.08. The van der Waals surface area contributed by atoms with E-state index >= 15 is 0 Å². The monoisotopic (exact) mass is 216 g/mol. The Morgan fingerprint density at radius 3 is 2.56 bits per heavy atom. The van der Waals surface area contributed by atoms with Crippen LogP contribution in [0.4, 0.5) is 0 Å². The maximum Gasteiger partial charge on any atom is 0.0734 e. The first-order valence-electron chi connectivity index (χ1n) is 6.04. The average molecular weight is 216 g/mol. The van der Waals surface area contributed by atoms with E-state index in [1.54, 1.807) is 0 Å². The second-order valence-corrected chi connectivity index (χ2v) is 4.80. The third-order valence-corrected chi connectivity index (χ3v) is 3.31. The van der Waals surface area contributed by atoms with Crippen LogP contribution in [-0.4, -0.2) is 12.2 Å². The maximum absolute atomic E-state index is 6.00. The highest BCUT2D eigenvalue weighted by Crippen LogP contribution is 2.30. The van der Waals surface area contributed by atoms with Crippen LogP contribution in [0.5, 0.6) is 0 Å². The van der Waals surface area contributed by atoms with E-state index in [1.807, 2.05) is 0 Å². The fourth-order valence-electron chi connectivity index (χ4n) is 2.42. The molecular weight excluding hydrogens is 196 g/mol. The number of rotatable bonds is 2. The van der Waals surface area contributed by atoms with E-state index in [4.69, 9.17) is 4.74 Å². The molecule has 1 aromatic rings. The molecule has 1 unspecified atom stereocenters. The van der Waals surface area contributed by atoms with Gasteiger partial charge in [0.25, 0.3) is 0 Å². The number of ether oxygens (including phenoxy) is 1. The second kappa shape index (κ2) is 4.84. The molecule has 2 rings (SSSR count). The summed E-state index contributed by atoms with van der Waals surface area (Å²) in [5.41, 5.74) is 2.82. The summed E-state index contributed by atoms with van der Waals surface area (Å²) in [5, 5.41) is 0. The summed E-state index contributed by atoms with van der Waals surface area (Å²) in [5.74, 6) is 0.465. The molecule has 0 bridgehead atoms. The van der Waals surface area contributed by atoms with E-state index in [2.05, 4.69) is 57.2 Å². The molecule has 0 fully saturated rings. The summed E-state index contributed by atoms with van der Waals surface area (Å²) >= 11 is 0. The highest BCUT2D eigenvalue weighted by atomic mass is 16.5. The summed E-state index contributed by atoms with van der Waals surface area (Å²) < 4.78 is 6.00. The molecule has 1 heteroatoms. The van der Waals surface area contributed by atoms with Gasteiger partial charge in [0, 0.05) is 5.92 Å². The van der Waals surface area contributed by atoms with Crippen LogP contribution in [-0.2, 0) is 4.74 Å². The fourth-order valence-corrected chi connectivity index (χ4v) is 2.42. The third kappa shape index (κ3) is 2.53. The van der Waals surface area contributed by atoms with Crippen molar-refractivity contribution in [3.63, 3.8) is 0 Å². The fraction of sp³-hybridized carbons (Fsp3) is 0.467. The van der Waals surface area contributed by atoms with Crippen molar-refractivity contribution in [1.29, 1.82) is 0 Å². The van der Waals surface area contributed by atoms with E-state index in [-0.39, 0.29) is 6.10 Å². The van der Waals surface area contributed by atoms with Crippen LogP contribution < -0.4 is 0 Å². The Morgan fingerprint density at radius 1 is 1.25 bits per heavy atom. The van der Waals surface area contributed by atoms with Gasteiger partial charge in [-0.3, -0.25) is 0 Å². The number of benzene rings is 1.